The van der Waals surface area contributed by atoms with Crippen LogP contribution in [0, 0.1) is 11.7 Å². The Balaban J connectivity index is 1.58. The van der Waals surface area contributed by atoms with Gasteiger partial charge in [0.05, 0.1) is 12.1 Å². The van der Waals surface area contributed by atoms with E-state index in [4.69, 9.17) is 4.74 Å². The highest BCUT2D eigenvalue weighted by molar-refractivity contribution is 5.93. The molecule has 0 spiro atoms. The fourth-order valence-electron chi connectivity index (χ4n) is 3.69. The summed E-state index contributed by atoms with van der Waals surface area (Å²) in [5.41, 5.74) is 2.59. The van der Waals surface area contributed by atoms with Crippen molar-refractivity contribution in [2.45, 2.75) is 13.3 Å². The van der Waals surface area contributed by atoms with Crippen molar-refractivity contribution in [2.75, 3.05) is 26.2 Å². The lowest BCUT2D eigenvalue weighted by atomic mass is 10.0. The smallest absolute Gasteiger partial charge is 0.127 e. The summed E-state index contributed by atoms with van der Waals surface area (Å²) in [4.78, 5) is 6.90. The summed E-state index contributed by atoms with van der Waals surface area (Å²) in [5.74, 6) is 0.816. The molecule has 26 heavy (non-hydrogen) atoms. The third-order valence-corrected chi connectivity index (χ3v) is 5.12. The van der Waals surface area contributed by atoms with E-state index in [1.807, 2.05) is 36.4 Å². The molecule has 1 unspecified atom stereocenters. The van der Waals surface area contributed by atoms with Gasteiger partial charge in [-0.05, 0) is 43.3 Å². The van der Waals surface area contributed by atoms with Crippen molar-refractivity contribution in [3.8, 4) is 16.9 Å². The van der Waals surface area contributed by atoms with Gasteiger partial charge in [-0.3, -0.25) is 4.98 Å². The molecule has 4 heteroatoms. The Morgan fingerprint density at radius 1 is 1.19 bits per heavy atom. The van der Waals surface area contributed by atoms with E-state index >= 15 is 0 Å². The Labute approximate surface area is 153 Å². The van der Waals surface area contributed by atoms with E-state index in [9.17, 15) is 4.39 Å². The largest absolute Gasteiger partial charge is 0.493 e. The van der Waals surface area contributed by atoms with E-state index in [1.165, 1.54) is 6.07 Å². The van der Waals surface area contributed by atoms with Crippen LogP contribution in [0.1, 0.15) is 13.3 Å². The predicted molar refractivity (Wildman–Crippen MR) is 103 cm³/mol. The van der Waals surface area contributed by atoms with Crippen molar-refractivity contribution in [2.24, 2.45) is 5.92 Å². The summed E-state index contributed by atoms with van der Waals surface area (Å²) in [6, 6.07) is 14.8. The summed E-state index contributed by atoms with van der Waals surface area (Å²) in [7, 11) is 0. The van der Waals surface area contributed by atoms with Gasteiger partial charge in [0.1, 0.15) is 11.6 Å². The molecule has 3 aromatic rings. The second-order valence-electron chi connectivity index (χ2n) is 6.92. The van der Waals surface area contributed by atoms with Crippen LogP contribution in [-0.2, 0) is 0 Å². The van der Waals surface area contributed by atoms with Crippen LogP contribution in [0.3, 0.4) is 0 Å². The number of nitrogens with zero attached hydrogens (tertiary/aromatic N) is 2. The zero-order chi connectivity index (χ0) is 17.9. The van der Waals surface area contributed by atoms with Gasteiger partial charge in [-0.25, -0.2) is 4.39 Å². The highest BCUT2D eigenvalue weighted by Gasteiger charge is 2.21. The van der Waals surface area contributed by atoms with Crippen LogP contribution in [0.4, 0.5) is 4.39 Å². The molecule has 0 radical (unpaired) electrons. The number of halogens is 1. The van der Waals surface area contributed by atoms with Crippen LogP contribution in [0.5, 0.6) is 5.75 Å². The maximum absolute atomic E-state index is 14.2. The summed E-state index contributed by atoms with van der Waals surface area (Å²) in [5, 5.41) is 1.04. The quantitative estimate of drug-likeness (QED) is 0.663. The second kappa shape index (κ2) is 7.42. The lowest BCUT2D eigenvalue weighted by Gasteiger charge is -2.15. The minimum atomic E-state index is -0.285. The zero-order valence-electron chi connectivity index (χ0n) is 15.0. The third-order valence-electron chi connectivity index (χ3n) is 5.12. The number of para-hydroxylation sites is 1. The third kappa shape index (κ3) is 3.56. The molecule has 0 saturated carbocycles. The van der Waals surface area contributed by atoms with Crippen molar-refractivity contribution in [3.05, 3.63) is 60.5 Å². The lowest BCUT2D eigenvalue weighted by molar-refractivity contribution is 0.242. The molecule has 3 nitrogen and oxygen atoms in total. The van der Waals surface area contributed by atoms with Crippen LogP contribution >= 0.6 is 0 Å². The molecule has 1 aliphatic rings. The van der Waals surface area contributed by atoms with Crippen molar-refractivity contribution in [3.63, 3.8) is 0 Å². The first-order chi connectivity index (χ1) is 12.7. The van der Waals surface area contributed by atoms with Gasteiger partial charge in [0.15, 0.2) is 0 Å². The molecule has 0 N–H and O–H groups in total. The molecule has 0 aliphatic carbocycles. The van der Waals surface area contributed by atoms with Crippen LogP contribution in [-0.4, -0.2) is 36.1 Å². The maximum atomic E-state index is 14.2. The van der Waals surface area contributed by atoms with Crippen molar-refractivity contribution < 1.29 is 9.13 Å². The van der Waals surface area contributed by atoms with Gasteiger partial charge in [-0.2, -0.15) is 0 Å². The minimum absolute atomic E-state index is 0.285. The van der Waals surface area contributed by atoms with Crippen LogP contribution < -0.4 is 4.74 Å². The van der Waals surface area contributed by atoms with Crippen molar-refractivity contribution in [1.29, 1.82) is 0 Å². The van der Waals surface area contributed by atoms with Gasteiger partial charge in [0.2, 0.25) is 0 Å². The van der Waals surface area contributed by atoms with Gasteiger partial charge in [-0.1, -0.05) is 31.2 Å². The van der Waals surface area contributed by atoms with E-state index in [0.29, 0.717) is 18.3 Å². The SMILES string of the molecule is CCN1CCC(COc2cc(F)cc(-c3cccc4cccnc34)c2)C1. The molecule has 1 aromatic heterocycles. The van der Waals surface area contributed by atoms with E-state index in [0.717, 1.165) is 48.1 Å². The number of pyridine rings is 1. The molecule has 2 heterocycles. The number of fused-ring (bicyclic) bond motifs is 1. The topological polar surface area (TPSA) is 25.4 Å². The fourth-order valence-corrected chi connectivity index (χ4v) is 3.69. The molecule has 2 aromatic carbocycles. The van der Waals surface area contributed by atoms with Gasteiger partial charge >= 0.3 is 0 Å². The van der Waals surface area contributed by atoms with Crippen molar-refractivity contribution in [1.82, 2.24) is 9.88 Å². The van der Waals surface area contributed by atoms with Gasteiger partial charge in [0, 0.05) is 35.7 Å². The number of hydrogen-bond acceptors (Lipinski definition) is 3. The van der Waals surface area contributed by atoms with Crippen molar-refractivity contribution >= 4 is 10.9 Å². The summed E-state index contributed by atoms with van der Waals surface area (Å²) >= 11 is 0. The van der Waals surface area contributed by atoms with Gasteiger partial charge < -0.3 is 9.64 Å². The number of ether oxygens (including phenoxy) is 1. The Bertz CT molecular complexity index is 906. The standard InChI is InChI=1S/C22H23FN2O/c1-2-25-10-8-16(14-25)15-26-20-12-18(11-19(23)13-20)21-7-3-5-17-6-4-9-24-22(17)21/h3-7,9,11-13,16H,2,8,10,14-15H2,1H3. The Morgan fingerprint density at radius 3 is 2.92 bits per heavy atom. The number of hydrogen-bond donors (Lipinski definition) is 0. The van der Waals surface area contributed by atoms with E-state index in [1.54, 1.807) is 12.3 Å². The number of benzene rings is 2. The van der Waals surface area contributed by atoms with Crippen LogP contribution in [0.15, 0.2) is 54.7 Å². The molecular weight excluding hydrogens is 327 g/mol. The lowest BCUT2D eigenvalue weighted by Crippen LogP contribution is -2.21. The first-order valence-corrected chi connectivity index (χ1v) is 9.23. The summed E-state index contributed by atoms with van der Waals surface area (Å²) in [6.07, 6.45) is 2.91. The molecule has 1 aliphatic heterocycles. The van der Waals surface area contributed by atoms with Crippen LogP contribution in [0.25, 0.3) is 22.0 Å². The molecule has 134 valence electrons. The Hall–Kier alpha value is -2.46. The Morgan fingerprint density at radius 2 is 2.08 bits per heavy atom. The normalized spacial score (nSPS) is 17.7. The predicted octanol–water partition coefficient (Wildman–Crippen LogP) is 4.76. The minimum Gasteiger partial charge on any atom is -0.493 e. The number of aromatic nitrogens is 1. The zero-order valence-corrected chi connectivity index (χ0v) is 15.0. The van der Waals surface area contributed by atoms with Gasteiger partial charge in [0.25, 0.3) is 0 Å². The first-order valence-electron chi connectivity index (χ1n) is 9.23. The van der Waals surface area contributed by atoms with E-state index < -0.39 is 0 Å². The molecule has 1 atom stereocenters. The number of rotatable bonds is 5. The average Bonchev–Trinajstić information content (AvgIpc) is 3.14. The highest BCUT2D eigenvalue weighted by atomic mass is 19.1. The maximum Gasteiger partial charge on any atom is 0.127 e. The monoisotopic (exact) mass is 350 g/mol. The summed E-state index contributed by atoms with van der Waals surface area (Å²) < 4.78 is 20.2. The molecule has 4 rings (SSSR count). The van der Waals surface area contributed by atoms with Crippen LogP contribution in [0.2, 0.25) is 0 Å². The van der Waals surface area contributed by atoms with Gasteiger partial charge in [-0.15, -0.1) is 0 Å². The van der Waals surface area contributed by atoms with E-state index in [-0.39, 0.29) is 5.82 Å². The molecule has 1 saturated heterocycles. The summed E-state index contributed by atoms with van der Waals surface area (Å²) in [6.45, 7) is 6.08. The number of likely N-dealkylation sites (tertiary alicyclic amines) is 1. The first kappa shape index (κ1) is 17.0. The molecule has 0 amide bonds. The highest BCUT2D eigenvalue weighted by Crippen LogP contribution is 2.31. The molecule has 1 fully saturated rings. The molecule has 0 bridgehead atoms. The Kier molecular flexibility index (Phi) is 4.85. The van der Waals surface area contributed by atoms with E-state index in [2.05, 4.69) is 16.8 Å². The molecular formula is C22H23FN2O. The second-order valence-corrected chi connectivity index (χ2v) is 6.92. The fraction of sp³-hybridized carbons (Fsp3) is 0.318. The average molecular weight is 350 g/mol.